The average molecular weight is 347 g/mol. The number of carboxylic acid groups (broad SMARTS) is 1. The molecule has 2 aliphatic heterocycles. The van der Waals surface area contributed by atoms with Crippen molar-refractivity contribution in [3.05, 3.63) is 22.1 Å². The highest BCUT2D eigenvalue weighted by Crippen LogP contribution is 2.40. The fourth-order valence-corrected chi connectivity index (χ4v) is 4.27. The summed E-state index contributed by atoms with van der Waals surface area (Å²) in [4.78, 5) is 19.2. The van der Waals surface area contributed by atoms with E-state index in [0.717, 1.165) is 46.7 Å². The minimum Gasteiger partial charge on any atom is -0.544 e. The molecule has 1 fully saturated rings. The van der Waals surface area contributed by atoms with Crippen LogP contribution in [0.25, 0.3) is 10.2 Å². The lowest BCUT2D eigenvalue weighted by Gasteiger charge is -2.36. The van der Waals surface area contributed by atoms with Crippen LogP contribution < -0.4 is 10.0 Å². The van der Waals surface area contributed by atoms with Crippen LogP contribution in [0.4, 0.5) is 5.82 Å². The van der Waals surface area contributed by atoms with Gasteiger partial charge >= 0.3 is 0 Å². The number of carbonyl (C=O) groups is 1. The number of fused-ring (bicyclic) bond motifs is 3. The van der Waals surface area contributed by atoms with Crippen molar-refractivity contribution in [2.45, 2.75) is 32.5 Å². The van der Waals surface area contributed by atoms with Crippen LogP contribution in [0.5, 0.6) is 0 Å². The number of morpholine rings is 1. The van der Waals surface area contributed by atoms with E-state index in [1.54, 1.807) is 6.07 Å². The number of rotatable bonds is 2. The molecule has 0 bridgehead atoms. The number of hydrogen-bond donors (Lipinski definition) is 0. The molecule has 1 saturated heterocycles. The molecule has 2 aromatic rings. The molecule has 2 aliphatic rings. The van der Waals surface area contributed by atoms with Crippen LogP contribution in [0.15, 0.2) is 6.07 Å². The largest absolute Gasteiger partial charge is 0.544 e. The molecule has 0 radical (unpaired) electrons. The summed E-state index contributed by atoms with van der Waals surface area (Å²) in [5, 5.41) is 12.2. The molecule has 0 N–H and O–H groups in total. The molecule has 7 heteroatoms. The van der Waals surface area contributed by atoms with Gasteiger partial charge < -0.3 is 24.3 Å². The van der Waals surface area contributed by atoms with Crippen LogP contribution >= 0.6 is 11.3 Å². The highest BCUT2D eigenvalue weighted by atomic mass is 32.1. The fraction of sp³-hybridized carbons (Fsp3) is 0.529. The summed E-state index contributed by atoms with van der Waals surface area (Å²) in [5.74, 6) is -0.242. The second-order valence-electron chi connectivity index (χ2n) is 6.83. The van der Waals surface area contributed by atoms with Gasteiger partial charge in [-0.2, -0.15) is 0 Å². The number of carboxylic acids is 1. The lowest BCUT2D eigenvalue weighted by Crippen LogP contribution is -2.39. The zero-order valence-corrected chi connectivity index (χ0v) is 14.6. The lowest BCUT2D eigenvalue weighted by atomic mass is 9.90. The van der Waals surface area contributed by atoms with E-state index in [4.69, 9.17) is 14.5 Å². The summed E-state index contributed by atoms with van der Waals surface area (Å²) >= 11 is 1.18. The molecule has 6 nitrogen and oxygen atoms in total. The monoisotopic (exact) mass is 347 g/mol. The fourth-order valence-electron chi connectivity index (χ4n) is 3.38. The molecule has 128 valence electrons. The van der Waals surface area contributed by atoms with E-state index >= 15 is 0 Å². The van der Waals surface area contributed by atoms with Crippen LogP contribution in [0.1, 0.15) is 34.6 Å². The molecule has 0 spiro atoms. The predicted octanol–water partition coefficient (Wildman–Crippen LogP) is 1.35. The topological polar surface area (TPSA) is 74.7 Å². The zero-order valence-electron chi connectivity index (χ0n) is 13.8. The molecule has 4 heterocycles. The molecule has 0 aliphatic carbocycles. The van der Waals surface area contributed by atoms with Gasteiger partial charge in [0.05, 0.1) is 36.3 Å². The number of aromatic carboxylic acids is 1. The maximum absolute atomic E-state index is 11.3. The van der Waals surface area contributed by atoms with E-state index in [0.29, 0.717) is 19.8 Å². The molecule has 0 amide bonds. The Labute approximate surface area is 144 Å². The summed E-state index contributed by atoms with van der Waals surface area (Å²) in [6, 6.07) is 1.70. The highest BCUT2D eigenvalue weighted by Gasteiger charge is 2.32. The highest BCUT2D eigenvalue weighted by molar-refractivity contribution is 7.20. The number of ether oxygens (including phenoxy) is 2. The first kappa shape index (κ1) is 15.8. The van der Waals surface area contributed by atoms with Crippen molar-refractivity contribution in [2.75, 3.05) is 31.2 Å². The van der Waals surface area contributed by atoms with Crippen LogP contribution in [-0.2, 0) is 22.5 Å². The summed E-state index contributed by atoms with van der Waals surface area (Å²) in [6.07, 6.45) is 0.738. The van der Waals surface area contributed by atoms with Gasteiger partial charge in [-0.25, -0.2) is 4.98 Å². The Morgan fingerprint density at radius 3 is 2.79 bits per heavy atom. The predicted molar refractivity (Wildman–Crippen MR) is 89.6 cm³/mol. The molecular formula is C17H19N2O4S-. The van der Waals surface area contributed by atoms with Crippen LogP contribution in [-0.4, -0.2) is 42.9 Å². The van der Waals surface area contributed by atoms with E-state index in [-0.39, 0.29) is 10.5 Å². The third-order valence-electron chi connectivity index (χ3n) is 4.60. The zero-order chi connectivity index (χ0) is 16.9. The lowest BCUT2D eigenvalue weighted by molar-refractivity contribution is -0.254. The van der Waals surface area contributed by atoms with Gasteiger partial charge in [0.15, 0.2) is 0 Å². The van der Waals surface area contributed by atoms with Gasteiger partial charge in [-0.1, -0.05) is 0 Å². The number of aromatic nitrogens is 1. The Bertz CT molecular complexity index is 809. The van der Waals surface area contributed by atoms with Crippen molar-refractivity contribution in [3.63, 3.8) is 0 Å². The van der Waals surface area contributed by atoms with Gasteiger partial charge in [0.25, 0.3) is 0 Å². The molecular weight excluding hydrogens is 328 g/mol. The van der Waals surface area contributed by atoms with E-state index in [1.165, 1.54) is 11.3 Å². The van der Waals surface area contributed by atoms with E-state index in [1.807, 2.05) is 0 Å². The molecule has 0 unspecified atom stereocenters. The van der Waals surface area contributed by atoms with Crippen molar-refractivity contribution >= 4 is 33.3 Å². The van der Waals surface area contributed by atoms with Crippen molar-refractivity contribution < 1.29 is 19.4 Å². The molecule has 0 aromatic carbocycles. The summed E-state index contributed by atoms with van der Waals surface area (Å²) in [5.41, 5.74) is 1.96. The molecule has 0 atom stereocenters. The Kier molecular flexibility index (Phi) is 3.74. The van der Waals surface area contributed by atoms with Gasteiger partial charge in [0.2, 0.25) is 0 Å². The van der Waals surface area contributed by atoms with Crippen LogP contribution in [0, 0.1) is 0 Å². The maximum Gasteiger partial charge on any atom is 0.136 e. The normalized spacial score (nSPS) is 20.2. The number of hydrogen-bond acceptors (Lipinski definition) is 7. The number of nitrogens with zero attached hydrogens (tertiary/aromatic N) is 2. The molecule has 2 aromatic heterocycles. The van der Waals surface area contributed by atoms with Gasteiger partial charge in [-0.05, 0) is 25.5 Å². The first-order valence-electron chi connectivity index (χ1n) is 8.08. The second-order valence-corrected chi connectivity index (χ2v) is 7.86. The van der Waals surface area contributed by atoms with E-state index < -0.39 is 5.97 Å². The van der Waals surface area contributed by atoms with Crippen molar-refractivity contribution in [1.29, 1.82) is 0 Å². The van der Waals surface area contributed by atoms with Gasteiger partial charge in [0.1, 0.15) is 10.6 Å². The Balaban J connectivity index is 1.91. The van der Waals surface area contributed by atoms with Crippen molar-refractivity contribution in [1.82, 2.24) is 4.98 Å². The Hall–Kier alpha value is -1.70. The minimum atomic E-state index is -1.15. The number of thiophene rings is 1. The molecule has 4 rings (SSSR count). The van der Waals surface area contributed by atoms with E-state index in [2.05, 4.69) is 18.7 Å². The standard InChI is InChI=1S/C17H20N2O4S/c1-17(2)8-11-10-7-13(16(20)21)24-15(10)18-14(12(11)9-23-17)19-3-5-22-6-4-19/h7H,3-6,8-9H2,1-2H3,(H,20,21)/p-1. The maximum atomic E-state index is 11.3. The number of anilines is 1. The molecule has 24 heavy (non-hydrogen) atoms. The quantitative estimate of drug-likeness (QED) is 0.816. The second kappa shape index (κ2) is 5.68. The van der Waals surface area contributed by atoms with E-state index in [9.17, 15) is 9.90 Å². The summed E-state index contributed by atoms with van der Waals surface area (Å²) in [6.45, 7) is 7.53. The average Bonchev–Trinajstić information content (AvgIpc) is 2.99. The first-order valence-corrected chi connectivity index (χ1v) is 8.89. The molecule has 0 saturated carbocycles. The Morgan fingerprint density at radius 2 is 2.08 bits per heavy atom. The Morgan fingerprint density at radius 1 is 1.33 bits per heavy atom. The van der Waals surface area contributed by atoms with Crippen molar-refractivity contribution in [3.8, 4) is 0 Å². The number of carbonyl (C=O) groups excluding carboxylic acids is 1. The third-order valence-corrected chi connectivity index (χ3v) is 5.61. The third kappa shape index (κ3) is 2.66. The summed E-state index contributed by atoms with van der Waals surface area (Å²) < 4.78 is 11.4. The first-order chi connectivity index (χ1) is 11.4. The van der Waals surface area contributed by atoms with Crippen LogP contribution in [0.3, 0.4) is 0 Å². The van der Waals surface area contributed by atoms with Crippen molar-refractivity contribution in [2.24, 2.45) is 0 Å². The minimum absolute atomic E-state index is 0.225. The number of pyridine rings is 1. The van der Waals surface area contributed by atoms with Gasteiger partial charge in [-0.3, -0.25) is 0 Å². The van der Waals surface area contributed by atoms with Gasteiger partial charge in [0, 0.05) is 30.5 Å². The summed E-state index contributed by atoms with van der Waals surface area (Å²) in [7, 11) is 0. The van der Waals surface area contributed by atoms with Gasteiger partial charge in [-0.15, -0.1) is 11.3 Å². The SMILES string of the molecule is CC1(C)Cc2c(c(N3CCOCC3)nc3sc(C(=O)[O-])cc23)CO1. The van der Waals surface area contributed by atoms with Crippen LogP contribution in [0.2, 0.25) is 0 Å². The smallest absolute Gasteiger partial charge is 0.136 e.